The van der Waals surface area contributed by atoms with Crippen molar-refractivity contribution < 1.29 is 24.8 Å². The number of oxime groups is 2. The molecule has 9 nitrogen and oxygen atoms in total. The molecule has 184 valence electrons. The molecule has 0 aromatic heterocycles. The zero-order valence-electron chi connectivity index (χ0n) is 19.8. The maximum absolute atomic E-state index is 11.1. The van der Waals surface area contributed by atoms with Crippen LogP contribution in [0.4, 0.5) is 5.69 Å². The highest BCUT2D eigenvalue weighted by Gasteiger charge is 2.54. The first-order valence-corrected chi connectivity index (χ1v) is 11.9. The van der Waals surface area contributed by atoms with E-state index in [0.29, 0.717) is 23.7 Å². The van der Waals surface area contributed by atoms with Crippen LogP contribution in [0.5, 0.6) is 11.5 Å². The standard InChI is InChI=1S/C26H29N3O6/c1-26-9-8-17-18-13-24(34-2)23(30)12-20(18)22(11-19(17)21(26)6-7-25(26)27-31)28-35-14-15-4-3-5-16(10-15)29(32)33/h3-5,10,12-13,17,19,21,30-31H,6-9,11,14H2,1-2H3/b27-25-,28-22+/t17-,19-,21+,26+/m1/s1. The average Bonchev–Trinajstić information content (AvgIpc) is 3.20. The van der Waals surface area contributed by atoms with Crippen molar-refractivity contribution in [2.45, 2.75) is 51.6 Å². The summed E-state index contributed by atoms with van der Waals surface area (Å²) in [4.78, 5) is 16.3. The fourth-order valence-electron chi connectivity index (χ4n) is 6.58. The van der Waals surface area contributed by atoms with E-state index < -0.39 is 4.92 Å². The second-order valence-electron chi connectivity index (χ2n) is 9.97. The largest absolute Gasteiger partial charge is 0.504 e. The van der Waals surface area contributed by atoms with Gasteiger partial charge in [-0.25, -0.2) is 0 Å². The van der Waals surface area contributed by atoms with Gasteiger partial charge in [0.2, 0.25) is 0 Å². The Balaban J connectivity index is 1.49. The summed E-state index contributed by atoms with van der Waals surface area (Å²) in [6, 6.07) is 9.91. The molecule has 9 heteroatoms. The number of methoxy groups -OCH3 is 1. The van der Waals surface area contributed by atoms with Crippen LogP contribution in [0.25, 0.3) is 0 Å². The predicted octanol–water partition coefficient (Wildman–Crippen LogP) is 5.37. The lowest BCUT2D eigenvalue weighted by Gasteiger charge is -2.48. The monoisotopic (exact) mass is 479 g/mol. The van der Waals surface area contributed by atoms with Crippen LogP contribution in [-0.4, -0.2) is 33.8 Å². The van der Waals surface area contributed by atoms with Crippen LogP contribution in [0.2, 0.25) is 0 Å². The number of non-ortho nitro benzene ring substituents is 1. The molecule has 0 saturated heterocycles. The molecule has 2 fully saturated rings. The van der Waals surface area contributed by atoms with Gasteiger partial charge in [0.25, 0.3) is 5.69 Å². The van der Waals surface area contributed by atoms with Gasteiger partial charge >= 0.3 is 0 Å². The Morgan fingerprint density at radius 1 is 1.26 bits per heavy atom. The van der Waals surface area contributed by atoms with Crippen molar-refractivity contribution >= 4 is 17.1 Å². The minimum absolute atomic E-state index is 0.00528. The Hall–Kier alpha value is -3.62. The molecule has 0 bridgehead atoms. The Kier molecular flexibility index (Phi) is 5.86. The van der Waals surface area contributed by atoms with Crippen molar-refractivity contribution in [1.82, 2.24) is 0 Å². The van der Waals surface area contributed by atoms with Crippen LogP contribution in [0.15, 0.2) is 46.7 Å². The van der Waals surface area contributed by atoms with Gasteiger partial charge in [-0.2, -0.15) is 0 Å². The number of phenols is 1. The number of rotatable bonds is 5. The molecule has 0 spiro atoms. The maximum Gasteiger partial charge on any atom is 0.269 e. The fourth-order valence-corrected chi connectivity index (χ4v) is 6.58. The number of aromatic hydroxyl groups is 1. The quantitative estimate of drug-likeness (QED) is 0.337. The first kappa shape index (κ1) is 23.1. The van der Waals surface area contributed by atoms with E-state index in [9.17, 15) is 20.4 Å². The molecule has 35 heavy (non-hydrogen) atoms. The van der Waals surface area contributed by atoms with E-state index in [1.165, 1.54) is 19.2 Å². The molecule has 0 aliphatic heterocycles. The zero-order chi connectivity index (χ0) is 24.7. The lowest BCUT2D eigenvalue weighted by Crippen LogP contribution is -2.43. The van der Waals surface area contributed by atoms with Crippen molar-refractivity contribution in [1.29, 1.82) is 0 Å². The van der Waals surface area contributed by atoms with E-state index in [0.717, 1.165) is 48.2 Å². The summed E-state index contributed by atoms with van der Waals surface area (Å²) in [7, 11) is 1.54. The molecule has 0 unspecified atom stereocenters. The number of nitro groups is 1. The third kappa shape index (κ3) is 3.88. The Morgan fingerprint density at radius 2 is 2.09 bits per heavy atom. The van der Waals surface area contributed by atoms with Gasteiger partial charge in [0, 0.05) is 23.1 Å². The molecule has 2 saturated carbocycles. The van der Waals surface area contributed by atoms with Crippen LogP contribution in [0, 0.1) is 27.4 Å². The Morgan fingerprint density at radius 3 is 2.83 bits per heavy atom. The minimum Gasteiger partial charge on any atom is -0.504 e. The van der Waals surface area contributed by atoms with Gasteiger partial charge in [0.05, 0.1) is 23.5 Å². The van der Waals surface area contributed by atoms with E-state index in [-0.39, 0.29) is 35.3 Å². The average molecular weight is 480 g/mol. The van der Waals surface area contributed by atoms with E-state index in [4.69, 9.17) is 9.57 Å². The maximum atomic E-state index is 11.1. The van der Waals surface area contributed by atoms with Crippen LogP contribution < -0.4 is 4.74 Å². The van der Waals surface area contributed by atoms with Crippen molar-refractivity contribution in [2.75, 3.05) is 7.11 Å². The van der Waals surface area contributed by atoms with Gasteiger partial charge in [-0.1, -0.05) is 29.4 Å². The topological polar surface area (TPSA) is 127 Å². The molecule has 4 atom stereocenters. The van der Waals surface area contributed by atoms with Crippen LogP contribution >= 0.6 is 0 Å². The summed E-state index contributed by atoms with van der Waals surface area (Å²) in [6.07, 6.45) is 4.32. The minimum atomic E-state index is -0.436. The van der Waals surface area contributed by atoms with Crippen molar-refractivity contribution in [3.63, 3.8) is 0 Å². The summed E-state index contributed by atoms with van der Waals surface area (Å²) in [6.45, 7) is 2.30. The third-order valence-corrected chi connectivity index (χ3v) is 8.32. The first-order valence-electron chi connectivity index (χ1n) is 11.9. The van der Waals surface area contributed by atoms with E-state index in [1.54, 1.807) is 18.2 Å². The molecule has 5 rings (SSSR count). The van der Waals surface area contributed by atoms with Gasteiger partial charge in [-0.3, -0.25) is 10.1 Å². The van der Waals surface area contributed by atoms with E-state index in [1.807, 2.05) is 6.07 Å². The number of phenolic OH excluding ortho intramolecular Hbond substituents is 1. The van der Waals surface area contributed by atoms with Crippen molar-refractivity contribution in [2.24, 2.45) is 27.6 Å². The van der Waals surface area contributed by atoms with E-state index >= 15 is 0 Å². The molecule has 0 heterocycles. The van der Waals surface area contributed by atoms with Crippen LogP contribution in [0.3, 0.4) is 0 Å². The molecule has 0 radical (unpaired) electrons. The SMILES string of the molecule is COc1cc2c(cc1O)/C(=N/OCc1cccc([N+](=O)[O-])c1)C[C@@H]1[C@@H]2CC[C@]2(C)/C(=N\O)CC[C@@H]12. The van der Waals surface area contributed by atoms with Gasteiger partial charge in [-0.15, -0.1) is 0 Å². The van der Waals surface area contributed by atoms with Gasteiger partial charge in [0.1, 0.15) is 6.61 Å². The lowest BCUT2D eigenvalue weighted by atomic mass is 9.55. The van der Waals surface area contributed by atoms with Gasteiger partial charge in [0.15, 0.2) is 11.5 Å². The first-order chi connectivity index (χ1) is 16.9. The number of nitrogens with zero attached hydrogens (tertiary/aromatic N) is 3. The number of hydrogen-bond acceptors (Lipinski definition) is 8. The zero-order valence-corrected chi connectivity index (χ0v) is 19.8. The molecular weight excluding hydrogens is 450 g/mol. The summed E-state index contributed by atoms with van der Waals surface area (Å²) >= 11 is 0. The van der Waals surface area contributed by atoms with Crippen LogP contribution in [-0.2, 0) is 11.4 Å². The molecule has 0 amide bonds. The van der Waals surface area contributed by atoms with Gasteiger partial charge < -0.3 is 19.9 Å². The second kappa shape index (κ2) is 8.87. The number of benzene rings is 2. The number of nitro benzene ring substituents is 1. The fraction of sp³-hybridized carbons (Fsp3) is 0.462. The highest BCUT2D eigenvalue weighted by molar-refractivity contribution is 6.04. The Bertz CT molecular complexity index is 1230. The molecule has 2 aromatic carbocycles. The van der Waals surface area contributed by atoms with Crippen molar-refractivity contribution in [3.8, 4) is 11.5 Å². The second-order valence-corrected chi connectivity index (χ2v) is 9.97. The van der Waals surface area contributed by atoms with E-state index in [2.05, 4.69) is 17.2 Å². The predicted molar refractivity (Wildman–Crippen MR) is 129 cm³/mol. The third-order valence-electron chi connectivity index (χ3n) is 8.32. The molecular formula is C26H29N3O6. The highest BCUT2D eigenvalue weighted by Crippen LogP contribution is 2.60. The number of hydrogen-bond donors (Lipinski definition) is 2. The summed E-state index contributed by atoms with van der Waals surface area (Å²) in [5.41, 5.74) is 4.08. The van der Waals surface area contributed by atoms with Crippen LogP contribution in [0.1, 0.15) is 61.6 Å². The number of fused-ring (bicyclic) bond motifs is 5. The molecule has 3 aliphatic carbocycles. The summed E-state index contributed by atoms with van der Waals surface area (Å²) in [5.74, 6) is 1.40. The normalized spacial score (nSPS) is 29.4. The Labute approximate surface area is 203 Å². The highest BCUT2D eigenvalue weighted by atomic mass is 16.6. The summed E-state index contributed by atoms with van der Waals surface area (Å²) in [5, 5.41) is 39.3. The molecule has 3 aliphatic rings. The summed E-state index contributed by atoms with van der Waals surface area (Å²) < 4.78 is 5.41. The molecule has 2 N–H and O–H groups in total. The smallest absolute Gasteiger partial charge is 0.269 e. The lowest BCUT2D eigenvalue weighted by molar-refractivity contribution is -0.384. The molecule has 2 aromatic rings. The van der Waals surface area contributed by atoms with Gasteiger partial charge in [-0.05, 0) is 73.1 Å². The van der Waals surface area contributed by atoms with Crippen molar-refractivity contribution in [3.05, 3.63) is 63.2 Å². The number of ether oxygens (including phenoxy) is 1.